The van der Waals surface area contributed by atoms with E-state index in [0.29, 0.717) is 12.1 Å². The van der Waals surface area contributed by atoms with Crippen molar-refractivity contribution < 1.29 is 18.6 Å². The molecule has 1 aliphatic carbocycles. The molecule has 2 rings (SSSR count). The minimum absolute atomic E-state index is 0.221. The van der Waals surface area contributed by atoms with Gasteiger partial charge in [0.2, 0.25) is 0 Å². The number of hydrogen-bond acceptors (Lipinski definition) is 3. The van der Waals surface area contributed by atoms with Gasteiger partial charge in [0.1, 0.15) is 11.6 Å². The van der Waals surface area contributed by atoms with E-state index in [1.54, 1.807) is 0 Å². The molecule has 3 nitrogen and oxygen atoms in total. The summed E-state index contributed by atoms with van der Waals surface area (Å²) in [7, 11) is 0. The first kappa shape index (κ1) is 17.3. The van der Waals surface area contributed by atoms with E-state index < -0.39 is 23.3 Å². The molecule has 2 N–H and O–H groups in total. The summed E-state index contributed by atoms with van der Waals surface area (Å²) in [5.74, 6) is -1.11. The third-order valence-electron chi connectivity index (χ3n) is 4.04. The third-order valence-corrected chi connectivity index (χ3v) is 4.04. The molecule has 1 aromatic carbocycles. The van der Waals surface area contributed by atoms with Crippen LogP contribution in [0.1, 0.15) is 45.6 Å². The lowest BCUT2D eigenvalue weighted by atomic mass is 9.71. The van der Waals surface area contributed by atoms with E-state index in [9.17, 15) is 13.9 Å². The Kier molecular flexibility index (Phi) is 5.20. The maximum Gasteiger partial charge on any atom is 0.131 e. The average Bonchev–Trinajstić information content (AvgIpc) is 2.36. The van der Waals surface area contributed by atoms with Crippen molar-refractivity contribution in [3.05, 3.63) is 35.4 Å². The van der Waals surface area contributed by atoms with Crippen LogP contribution in [-0.4, -0.2) is 30.0 Å². The predicted octanol–water partition coefficient (Wildman–Crippen LogP) is 3.11. The molecular formula is C17H25F2NO2. The summed E-state index contributed by atoms with van der Waals surface area (Å²) >= 11 is 0. The first-order valence-electron chi connectivity index (χ1n) is 7.74. The standard InChI is InChI=1S/C17H25F2NO2/c1-16(2,3)22-11-13(21)10-20-17(7-4-8-17)14-6-5-12(18)9-15(14)19/h5-6,9,13,20-21H,4,7-8,10-11H2,1-3H3. The highest BCUT2D eigenvalue weighted by Gasteiger charge is 2.40. The van der Waals surface area contributed by atoms with Gasteiger partial charge in [-0.05, 0) is 46.1 Å². The van der Waals surface area contributed by atoms with Crippen molar-refractivity contribution in [2.45, 2.75) is 57.3 Å². The highest BCUT2D eigenvalue weighted by atomic mass is 19.1. The molecule has 1 aromatic rings. The fourth-order valence-electron chi connectivity index (χ4n) is 2.67. The van der Waals surface area contributed by atoms with E-state index >= 15 is 0 Å². The second-order valence-corrected chi connectivity index (χ2v) is 7.02. The molecular weight excluding hydrogens is 288 g/mol. The van der Waals surface area contributed by atoms with Crippen molar-refractivity contribution in [1.82, 2.24) is 5.32 Å². The number of hydrogen-bond donors (Lipinski definition) is 2. The smallest absolute Gasteiger partial charge is 0.131 e. The van der Waals surface area contributed by atoms with Crippen LogP contribution in [0.2, 0.25) is 0 Å². The molecule has 0 aliphatic heterocycles. The normalized spacial score (nSPS) is 18.8. The number of nitrogens with one attached hydrogen (secondary N) is 1. The molecule has 0 saturated heterocycles. The molecule has 0 amide bonds. The molecule has 0 radical (unpaired) electrons. The first-order valence-corrected chi connectivity index (χ1v) is 7.74. The van der Waals surface area contributed by atoms with Crippen molar-refractivity contribution in [1.29, 1.82) is 0 Å². The second-order valence-electron chi connectivity index (χ2n) is 7.02. The van der Waals surface area contributed by atoms with Crippen LogP contribution < -0.4 is 5.32 Å². The molecule has 22 heavy (non-hydrogen) atoms. The zero-order valence-electron chi connectivity index (χ0n) is 13.5. The number of aliphatic hydroxyl groups excluding tert-OH is 1. The fourth-order valence-corrected chi connectivity index (χ4v) is 2.67. The Morgan fingerprint density at radius 1 is 1.32 bits per heavy atom. The molecule has 1 aliphatic rings. The van der Waals surface area contributed by atoms with Gasteiger partial charge in [-0.1, -0.05) is 6.07 Å². The quantitative estimate of drug-likeness (QED) is 0.848. The minimum Gasteiger partial charge on any atom is -0.389 e. The summed E-state index contributed by atoms with van der Waals surface area (Å²) in [4.78, 5) is 0. The summed E-state index contributed by atoms with van der Waals surface area (Å²) in [6, 6.07) is 3.68. The van der Waals surface area contributed by atoms with Gasteiger partial charge in [0.15, 0.2) is 0 Å². The first-order chi connectivity index (χ1) is 10.2. The molecule has 1 atom stereocenters. The van der Waals surface area contributed by atoms with Crippen LogP contribution in [0.5, 0.6) is 0 Å². The summed E-state index contributed by atoms with van der Waals surface area (Å²) in [6.45, 7) is 6.31. The van der Waals surface area contributed by atoms with Gasteiger partial charge in [-0.25, -0.2) is 8.78 Å². The molecule has 5 heteroatoms. The minimum atomic E-state index is -0.666. The number of ether oxygens (including phenoxy) is 1. The highest BCUT2D eigenvalue weighted by molar-refractivity contribution is 5.29. The van der Waals surface area contributed by atoms with E-state index in [1.165, 1.54) is 12.1 Å². The number of aliphatic hydroxyl groups is 1. The van der Waals surface area contributed by atoms with Gasteiger partial charge in [-0.3, -0.25) is 0 Å². The van der Waals surface area contributed by atoms with E-state index in [1.807, 2.05) is 20.8 Å². The zero-order valence-corrected chi connectivity index (χ0v) is 13.5. The molecule has 1 saturated carbocycles. The van der Waals surface area contributed by atoms with Crippen LogP contribution in [-0.2, 0) is 10.3 Å². The zero-order chi connectivity index (χ0) is 16.4. The Labute approximate surface area is 130 Å². The number of benzene rings is 1. The fraction of sp³-hybridized carbons (Fsp3) is 0.647. The summed E-state index contributed by atoms with van der Waals surface area (Å²) in [6.07, 6.45) is 1.88. The Bertz CT molecular complexity index is 510. The molecule has 1 fully saturated rings. The third kappa shape index (κ3) is 4.24. The van der Waals surface area contributed by atoms with Gasteiger partial charge >= 0.3 is 0 Å². The van der Waals surface area contributed by atoms with Gasteiger partial charge in [0.25, 0.3) is 0 Å². The number of rotatable bonds is 6. The topological polar surface area (TPSA) is 41.5 Å². The van der Waals surface area contributed by atoms with Gasteiger partial charge in [0, 0.05) is 23.7 Å². The van der Waals surface area contributed by atoms with Gasteiger partial charge in [0.05, 0.1) is 18.3 Å². The van der Waals surface area contributed by atoms with Crippen molar-refractivity contribution in [3.8, 4) is 0 Å². The van der Waals surface area contributed by atoms with E-state index in [-0.39, 0.29) is 12.2 Å². The average molecular weight is 313 g/mol. The lowest BCUT2D eigenvalue weighted by Crippen LogP contribution is -2.51. The largest absolute Gasteiger partial charge is 0.389 e. The SMILES string of the molecule is CC(C)(C)OCC(O)CNC1(c2ccc(F)cc2F)CCC1. The monoisotopic (exact) mass is 313 g/mol. The van der Waals surface area contributed by atoms with E-state index in [0.717, 1.165) is 25.3 Å². The maximum atomic E-state index is 14.0. The summed E-state index contributed by atoms with van der Waals surface area (Å²) < 4.78 is 32.6. The van der Waals surface area contributed by atoms with Crippen molar-refractivity contribution in [3.63, 3.8) is 0 Å². The lowest BCUT2D eigenvalue weighted by molar-refractivity contribution is -0.0508. The maximum absolute atomic E-state index is 14.0. The molecule has 0 aromatic heterocycles. The van der Waals surface area contributed by atoms with Crippen LogP contribution >= 0.6 is 0 Å². The van der Waals surface area contributed by atoms with Crippen molar-refractivity contribution >= 4 is 0 Å². The highest BCUT2D eigenvalue weighted by Crippen LogP contribution is 2.42. The predicted molar refractivity (Wildman–Crippen MR) is 81.6 cm³/mol. The van der Waals surface area contributed by atoms with Crippen LogP contribution in [0.25, 0.3) is 0 Å². The summed E-state index contributed by atoms with van der Waals surface area (Å²) in [5.41, 5.74) is -0.331. The van der Waals surface area contributed by atoms with Crippen molar-refractivity contribution in [2.24, 2.45) is 0 Å². The van der Waals surface area contributed by atoms with Gasteiger partial charge in [-0.2, -0.15) is 0 Å². The Morgan fingerprint density at radius 2 is 2.00 bits per heavy atom. The van der Waals surface area contributed by atoms with E-state index in [4.69, 9.17) is 4.74 Å². The Morgan fingerprint density at radius 3 is 2.50 bits per heavy atom. The van der Waals surface area contributed by atoms with Gasteiger partial charge in [-0.15, -0.1) is 0 Å². The Balaban J connectivity index is 1.97. The second kappa shape index (κ2) is 6.60. The summed E-state index contributed by atoms with van der Waals surface area (Å²) in [5, 5.41) is 13.3. The van der Waals surface area contributed by atoms with Crippen LogP contribution in [0.3, 0.4) is 0 Å². The van der Waals surface area contributed by atoms with Crippen LogP contribution in [0.4, 0.5) is 8.78 Å². The molecule has 0 heterocycles. The molecule has 124 valence electrons. The Hall–Kier alpha value is -1.04. The molecule has 0 bridgehead atoms. The molecule has 0 spiro atoms. The van der Waals surface area contributed by atoms with E-state index in [2.05, 4.69) is 5.32 Å². The lowest BCUT2D eigenvalue weighted by Gasteiger charge is -2.44. The van der Waals surface area contributed by atoms with Crippen molar-refractivity contribution in [2.75, 3.05) is 13.2 Å². The van der Waals surface area contributed by atoms with Crippen LogP contribution in [0.15, 0.2) is 18.2 Å². The molecule has 1 unspecified atom stereocenters. The van der Waals surface area contributed by atoms with Gasteiger partial charge < -0.3 is 15.2 Å². The number of halogens is 2. The van der Waals surface area contributed by atoms with Crippen LogP contribution in [0, 0.1) is 11.6 Å².